The van der Waals surface area contributed by atoms with Crippen molar-refractivity contribution >= 4 is 51.9 Å². The molecule has 0 saturated heterocycles. The molecule has 0 saturated carbocycles. The van der Waals surface area contributed by atoms with Gasteiger partial charge in [0.2, 0.25) is 5.90 Å². The van der Waals surface area contributed by atoms with E-state index in [9.17, 15) is 4.79 Å². The van der Waals surface area contributed by atoms with E-state index in [-0.39, 0.29) is 5.90 Å². The molecule has 0 unspecified atom stereocenters. The zero-order valence-electron chi connectivity index (χ0n) is 13.8. The lowest BCUT2D eigenvalue weighted by Crippen LogP contribution is -2.20. The minimum Gasteiger partial charge on any atom is -0.396 e. The van der Waals surface area contributed by atoms with E-state index < -0.39 is 6.09 Å². The van der Waals surface area contributed by atoms with Crippen LogP contribution >= 0.6 is 34.2 Å². The molecule has 1 amide bonds. The number of carbonyl (C=O) groups is 1. The van der Waals surface area contributed by atoms with E-state index in [1.165, 1.54) is 7.11 Å². The molecule has 0 aliphatic heterocycles. The lowest BCUT2D eigenvalue weighted by molar-refractivity contribution is 0.188. The molecule has 7 heteroatoms. The van der Waals surface area contributed by atoms with Crippen LogP contribution in [0, 0.1) is 9.99 Å². The van der Waals surface area contributed by atoms with Crippen molar-refractivity contribution < 1.29 is 14.4 Å². The molecule has 0 fully saturated rings. The van der Waals surface area contributed by atoms with Gasteiger partial charge in [0.1, 0.15) is 7.11 Å². The molecule has 25 heavy (non-hydrogen) atoms. The normalized spacial score (nSPS) is 11.1. The fourth-order valence-electron chi connectivity index (χ4n) is 2.07. The van der Waals surface area contributed by atoms with Crippen molar-refractivity contribution in [3.63, 3.8) is 0 Å². The number of hydrogen-bond acceptors (Lipinski definition) is 4. The standard InChI is InChI=1S/C18H17ClIN2O3/c1-3-13-11-14(19)6-9-16(13)21-18(23)25-17(22-24-2)10-12-4-7-15(20)8-5-12/h4-11H,3H2,1-2H3,(H,21,23). The Kier molecular flexibility index (Phi) is 7.52. The molecule has 0 aliphatic rings. The summed E-state index contributed by atoms with van der Waals surface area (Å²) in [5.74, 6) is 0.0493. The number of amides is 1. The van der Waals surface area contributed by atoms with Crippen molar-refractivity contribution in [2.24, 2.45) is 5.16 Å². The molecule has 0 bridgehead atoms. The highest BCUT2D eigenvalue weighted by Gasteiger charge is 2.13. The van der Waals surface area contributed by atoms with Crippen molar-refractivity contribution in [3.8, 4) is 0 Å². The molecule has 131 valence electrons. The third-order valence-corrected chi connectivity index (χ3v) is 4.18. The molecule has 2 aromatic carbocycles. The molecule has 0 aromatic heterocycles. The molecule has 0 spiro atoms. The number of rotatable bonds is 5. The van der Waals surface area contributed by atoms with Crippen LogP contribution in [0.5, 0.6) is 0 Å². The third-order valence-electron chi connectivity index (χ3n) is 3.22. The topological polar surface area (TPSA) is 59.9 Å². The van der Waals surface area contributed by atoms with Gasteiger partial charge < -0.3 is 9.57 Å². The van der Waals surface area contributed by atoms with E-state index in [0.717, 1.165) is 21.1 Å². The lowest BCUT2D eigenvalue weighted by atomic mass is 10.1. The Hall–Kier alpha value is -1.80. The highest BCUT2D eigenvalue weighted by Crippen LogP contribution is 2.21. The van der Waals surface area contributed by atoms with Gasteiger partial charge in [-0.1, -0.05) is 35.8 Å². The van der Waals surface area contributed by atoms with E-state index in [4.69, 9.17) is 21.2 Å². The third kappa shape index (κ3) is 6.21. The number of benzene rings is 2. The van der Waals surface area contributed by atoms with E-state index in [1.54, 1.807) is 24.6 Å². The SMILES string of the molecule is CCc1cc(Cl)ccc1NC(=O)OC([CH]c1ccc(I)cc1)=NOC. The van der Waals surface area contributed by atoms with E-state index in [0.29, 0.717) is 10.7 Å². The molecule has 1 N–H and O–H groups in total. The van der Waals surface area contributed by atoms with Gasteiger partial charge in [-0.25, -0.2) is 4.79 Å². The van der Waals surface area contributed by atoms with E-state index in [2.05, 4.69) is 33.1 Å². The Labute approximate surface area is 165 Å². The van der Waals surface area contributed by atoms with Crippen LogP contribution in [0.3, 0.4) is 0 Å². The van der Waals surface area contributed by atoms with Gasteiger partial charge in [-0.05, 0) is 70.5 Å². The zero-order chi connectivity index (χ0) is 18.2. The van der Waals surface area contributed by atoms with Crippen LogP contribution in [0.2, 0.25) is 5.02 Å². The van der Waals surface area contributed by atoms with Gasteiger partial charge in [-0.15, -0.1) is 0 Å². The zero-order valence-corrected chi connectivity index (χ0v) is 16.7. The molecule has 5 nitrogen and oxygen atoms in total. The number of carbonyl (C=O) groups excluding carboxylic acids is 1. The van der Waals surface area contributed by atoms with Crippen LogP contribution in [-0.2, 0) is 16.0 Å². The number of nitrogens with zero attached hydrogens (tertiary/aromatic N) is 1. The minimum absolute atomic E-state index is 0.0493. The highest BCUT2D eigenvalue weighted by molar-refractivity contribution is 14.1. The average Bonchev–Trinajstić information content (AvgIpc) is 2.58. The fourth-order valence-corrected chi connectivity index (χ4v) is 2.63. The quantitative estimate of drug-likeness (QED) is 0.280. The maximum Gasteiger partial charge on any atom is 0.418 e. The minimum atomic E-state index is -0.658. The Balaban J connectivity index is 2.05. The van der Waals surface area contributed by atoms with Gasteiger partial charge in [0.25, 0.3) is 0 Å². The van der Waals surface area contributed by atoms with Crippen LogP contribution in [0.15, 0.2) is 47.6 Å². The second-order valence-electron chi connectivity index (χ2n) is 4.98. The van der Waals surface area contributed by atoms with Crippen LogP contribution in [0.4, 0.5) is 10.5 Å². The first-order chi connectivity index (χ1) is 12.0. The molecular formula is C18H17ClIN2O3. The summed E-state index contributed by atoms with van der Waals surface area (Å²) in [4.78, 5) is 16.9. The Morgan fingerprint density at radius 1 is 1.28 bits per heavy atom. The van der Waals surface area contributed by atoms with Crippen molar-refractivity contribution in [1.29, 1.82) is 0 Å². The Morgan fingerprint density at radius 2 is 2.00 bits per heavy atom. The molecule has 2 rings (SSSR count). The maximum atomic E-state index is 12.2. The first kappa shape index (κ1) is 19.5. The summed E-state index contributed by atoms with van der Waals surface area (Å²) in [6.07, 6.45) is 1.68. The van der Waals surface area contributed by atoms with Crippen LogP contribution in [0.1, 0.15) is 18.1 Å². The van der Waals surface area contributed by atoms with Crippen molar-refractivity contribution in [2.75, 3.05) is 12.4 Å². The number of hydrogen-bond donors (Lipinski definition) is 1. The smallest absolute Gasteiger partial charge is 0.396 e. The second kappa shape index (κ2) is 9.62. The lowest BCUT2D eigenvalue weighted by Gasteiger charge is -2.11. The van der Waals surface area contributed by atoms with Gasteiger partial charge in [-0.2, -0.15) is 0 Å². The molecule has 2 aromatic rings. The van der Waals surface area contributed by atoms with Crippen LogP contribution in [0.25, 0.3) is 0 Å². The van der Waals surface area contributed by atoms with Gasteiger partial charge in [0, 0.05) is 14.3 Å². The highest BCUT2D eigenvalue weighted by atomic mass is 127. The predicted molar refractivity (Wildman–Crippen MR) is 108 cm³/mol. The Bertz CT molecular complexity index is 763. The van der Waals surface area contributed by atoms with E-state index >= 15 is 0 Å². The second-order valence-corrected chi connectivity index (χ2v) is 6.66. The molecule has 0 atom stereocenters. The molecular weight excluding hydrogens is 455 g/mol. The summed E-state index contributed by atoms with van der Waals surface area (Å²) in [5, 5.41) is 7.05. The summed E-state index contributed by atoms with van der Waals surface area (Å²) >= 11 is 8.19. The summed E-state index contributed by atoms with van der Waals surface area (Å²) in [5.41, 5.74) is 2.39. The largest absolute Gasteiger partial charge is 0.418 e. The van der Waals surface area contributed by atoms with Crippen molar-refractivity contribution in [1.82, 2.24) is 0 Å². The number of ether oxygens (including phenoxy) is 1. The van der Waals surface area contributed by atoms with Gasteiger partial charge >= 0.3 is 6.09 Å². The average molecular weight is 472 g/mol. The molecule has 0 heterocycles. The fraction of sp³-hybridized carbons (Fsp3) is 0.167. The van der Waals surface area contributed by atoms with Gasteiger partial charge in [0.05, 0.1) is 6.42 Å². The number of aryl methyl sites for hydroxylation is 1. The predicted octanol–water partition coefficient (Wildman–Crippen LogP) is 5.27. The Morgan fingerprint density at radius 3 is 2.64 bits per heavy atom. The van der Waals surface area contributed by atoms with Crippen molar-refractivity contribution in [3.05, 3.63) is 68.6 Å². The summed E-state index contributed by atoms with van der Waals surface area (Å²) in [6, 6.07) is 12.9. The first-order valence-corrected chi connectivity index (χ1v) is 8.96. The number of nitrogens with one attached hydrogen (secondary N) is 1. The molecule has 0 aliphatic carbocycles. The monoisotopic (exact) mass is 471 g/mol. The summed E-state index contributed by atoms with van der Waals surface area (Å²) in [7, 11) is 1.39. The first-order valence-electron chi connectivity index (χ1n) is 7.50. The number of anilines is 1. The van der Waals surface area contributed by atoms with Crippen LogP contribution in [-0.4, -0.2) is 19.1 Å². The maximum absolute atomic E-state index is 12.2. The van der Waals surface area contributed by atoms with Crippen LogP contribution < -0.4 is 5.32 Å². The van der Waals surface area contributed by atoms with Gasteiger partial charge in [-0.3, -0.25) is 5.32 Å². The summed E-state index contributed by atoms with van der Waals surface area (Å²) in [6.45, 7) is 1.98. The molecule has 1 radical (unpaired) electrons. The van der Waals surface area contributed by atoms with E-state index in [1.807, 2.05) is 31.2 Å². The summed E-state index contributed by atoms with van der Waals surface area (Å²) < 4.78 is 6.35. The number of halogens is 2. The van der Waals surface area contributed by atoms with Crippen molar-refractivity contribution in [2.45, 2.75) is 13.3 Å². The van der Waals surface area contributed by atoms with Gasteiger partial charge in [0.15, 0.2) is 0 Å². The number of oxime groups is 1.